The van der Waals surface area contributed by atoms with E-state index in [9.17, 15) is 20.2 Å². The maximum Gasteiger partial charge on any atom is 0.301 e. The van der Waals surface area contributed by atoms with Gasteiger partial charge in [-0.05, 0) is 25.0 Å². The van der Waals surface area contributed by atoms with Crippen molar-refractivity contribution in [2.75, 3.05) is 5.43 Å². The van der Waals surface area contributed by atoms with Crippen molar-refractivity contribution >= 4 is 22.8 Å². The van der Waals surface area contributed by atoms with Gasteiger partial charge in [0.1, 0.15) is 5.69 Å². The third-order valence-electron chi connectivity index (χ3n) is 2.46. The van der Waals surface area contributed by atoms with Gasteiger partial charge in [-0.15, -0.1) is 0 Å². The topological polar surface area (TPSA) is 111 Å². The number of non-ortho nitro benzene ring substituents is 1. The Balaban J connectivity index is 3.00. The zero-order valence-corrected chi connectivity index (χ0v) is 11.9. The van der Waals surface area contributed by atoms with Crippen molar-refractivity contribution in [1.82, 2.24) is 0 Å². The minimum Gasteiger partial charge on any atom is -0.271 e. The lowest BCUT2D eigenvalue weighted by Crippen LogP contribution is -2.00. The number of nitro benzene ring substituents is 2. The standard InChI is InChI=1S/C13H16N4O4/c1-9(2)4-5-10(3)14-15-12-7-6-11(16(18)19)8-13(12)17(20)21/h4-9,15H,1-3H3. The van der Waals surface area contributed by atoms with Crippen molar-refractivity contribution in [3.05, 3.63) is 50.6 Å². The molecule has 0 aliphatic carbocycles. The molecule has 1 rings (SSSR count). The second kappa shape index (κ2) is 7.13. The van der Waals surface area contributed by atoms with Gasteiger partial charge in [0.2, 0.25) is 0 Å². The third-order valence-corrected chi connectivity index (χ3v) is 2.46. The normalized spacial score (nSPS) is 11.9. The van der Waals surface area contributed by atoms with Crippen LogP contribution in [-0.2, 0) is 0 Å². The van der Waals surface area contributed by atoms with E-state index in [0.29, 0.717) is 11.6 Å². The van der Waals surface area contributed by atoms with Gasteiger partial charge >= 0.3 is 5.69 Å². The molecule has 0 aliphatic heterocycles. The van der Waals surface area contributed by atoms with Crippen molar-refractivity contribution in [3.63, 3.8) is 0 Å². The summed E-state index contributed by atoms with van der Waals surface area (Å²) < 4.78 is 0. The number of hydrogen-bond acceptors (Lipinski definition) is 6. The van der Waals surface area contributed by atoms with Crippen LogP contribution in [0.5, 0.6) is 0 Å². The minimum atomic E-state index is -0.690. The zero-order valence-electron chi connectivity index (χ0n) is 11.9. The van der Waals surface area contributed by atoms with Gasteiger partial charge < -0.3 is 0 Å². The van der Waals surface area contributed by atoms with Crippen molar-refractivity contribution < 1.29 is 9.85 Å². The van der Waals surface area contributed by atoms with Crippen molar-refractivity contribution in [1.29, 1.82) is 0 Å². The molecule has 8 nitrogen and oxygen atoms in total. The van der Waals surface area contributed by atoms with Gasteiger partial charge in [-0.25, -0.2) is 0 Å². The van der Waals surface area contributed by atoms with Crippen LogP contribution in [0.4, 0.5) is 17.1 Å². The molecular weight excluding hydrogens is 276 g/mol. The van der Waals surface area contributed by atoms with Gasteiger partial charge in [-0.2, -0.15) is 5.10 Å². The first-order valence-corrected chi connectivity index (χ1v) is 6.22. The molecule has 112 valence electrons. The minimum absolute atomic E-state index is 0.0999. The van der Waals surface area contributed by atoms with Crippen LogP contribution in [0, 0.1) is 26.1 Å². The summed E-state index contributed by atoms with van der Waals surface area (Å²) in [6.45, 7) is 5.76. The van der Waals surface area contributed by atoms with Crippen molar-refractivity contribution in [3.8, 4) is 0 Å². The molecule has 0 heterocycles. The lowest BCUT2D eigenvalue weighted by molar-refractivity contribution is -0.393. The Kier molecular flexibility index (Phi) is 5.53. The summed E-state index contributed by atoms with van der Waals surface area (Å²) in [7, 11) is 0. The van der Waals surface area contributed by atoms with Crippen LogP contribution < -0.4 is 5.43 Å². The van der Waals surface area contributed by atoms with Gasteiger partial charge in [-0.1, -0.05) is 19.9 Å². The van der Waals surface area contributed by atoms with E-state index < -0.39 is 15.5 Å². The average molecular weight is 292 g/mol. The van der Waals surface area contributed by atoms with E-state index in [1.807, 2.05) is 19.9 Å². The molecule has 0 unspecified atom stereocenters. The van der Waals surface area contributed by atoms with Gasteiger partial charge in [0.05, 0.1) is 21.6 Å². The SMILES string of the molecule is CC(C=CC(C)C)=NNc1ccc([N+](=O)[O-])cc1[N+](=O)[O-]. The summed E-state index contributed by atoms with van der Waals surface area (Å²) in [6.07, 6.45) is 3.72. The van der Waals surface area contributed by atoms with Crippen LogP contribution >= 0.6 is 0 Å². The fourth-order valence-corrected chi connectivity index (χ4v) is 1.40. The van der Waals surface area contributed by atoms with E-state index in [2.05, 4.69) is 10.5 Å². The van der Waals surface area contributed by atoms with Crippen molar-refractivity contribution in [2.24, 2.45) is 11.0 Å². The first kappa shape index (κ1) is 16.3. The molecule has 1 aromatic carbocycles. The predicted octanol–water partition coefficient (Wildman–Crippen LogP) is 3.50. The Morgan fingerprint density at radius 3 is 2.48 bits per heavy atom. The molecular formula is C13H16N4O4. The molecule has 0 aliphatic rings. The average Bonchev–Trinajstić information content (AvgIpc) is 2.42. The molecule has 0 radical (unpaired) electrons. The first-order chi connectivity index (χ1) is 9.81. The highest BCUT2D eigenvalue weighted by Crippen LogP contribution is 2.28. The quantitative estimate of drug-likeness (QED) is 0.490. The summed E-state index contributed by atoms with van der Waals surface area (Å²) >= 11 is 0. The molecule has 0 aromatic heterocycles. The first-order valence-electron chi connectivity index (χ1n) is 6.22. The smallest absolute Gasteiger partial charge is 0.271 e. The number of benzene rings is 1. The molecule has 0 bridgehead atoms. The largest absolute Gasteiger partial charge is 0.301 e. The fourth-order valence-electron chi connectivity index (χ4n) is 1.40. The number of nitro groups is 2. The summed E-state index contributed by atoms with van der Waals surface area (Å²) in [5, 5.41) is 25.6. The van der Waals surface area contributed by atoms with Crippen LogP contribution in [0.2, 0.25) is 0 Å². The molecule has 8 heteroatoms. The van der Waals surface area contributed by atoms with Crippen molar-refractivity contribution in [2.45, 2.75) is 20.8 Å². The van der Waals surface area contributed by atoms with Crippen LogP contribution in [0.15, 0.2) is 35.5 Å². The van der Waals surface area contributed by atoms with E-state index in [1.165, 1.54) is 12.1 Å². The van der Waals surface area contributed by atoms with E-state index in [1.54, 1.807) is 13.0 Å². The summed E-state index contributed by atoms with van der Waals surface area (Å²) in [6, 6.07) is 3.35. The van der Waals surface area contributed by atoms with Crippen LogP contribution in [0.3, 0.4) is 0 Å². The Hall–Kier alpha value is -2.77. The molecule has 0 spiro atoms. The molecule has 1 N–H and O–H groups in total. The molecule has 1 aromatic rings. The third kappa shape index (κ3) is 5.01. The van der Waals surface area contributed by atoms with E-state index in [-0.39, 0.29) is 11.4 Å². The van der Waals surface area contributed by atoms with Crippen LogP contribution in [0.1, 0.15) is 20.8 Å². The van der Waals surface area contributed by atoms with Gasteiger partial charge in [-0.3, -0.25) is 25.7 Å². The van der Waals surface area contributed by atoms with E-state index >= 15 is 0 Å². The molecule has 0 saturated heterocycles. The second-order valence-corrected chi connectivity index (χ2v) is 4.68. The number of nitrogens with zero attached hydrogens (tertiary/aromatic N) is 3. The molecule has 0 saturated carbocycles. The van der Waals surface area contributed by atoms with E-state index in [4.69, 9.17) is 0 Å². The monoisotopic (exact) mass is 292 g/mol. The van der Waals surface area contributed by atoms with Crippen LogP contribution in [0.25, 0.3) is 0 Å². The lowest BCUT2D eigenvalue weighted by atomic mass is 10.2. The Morgan fingerprint density at radius 1 is 1.29 bits per heavy atom. The fraction of sp³-hybridized carbons (Fsp3) is 0.308. The Morgan fingerprint density at radius 2 is 1.95 bits per heavy atom. The summed E-state index contributed by atoms with van der Waals surface area (Å²) in [5.74, 6) is 0.365. The highest BCUT2D eigenvalue weighted by molar-refractivity contribution is 5.93. The molecule has 0 fully saturated rings. The summed E-state index contributed by atoms with van der Waals surface area (Å²) in [5.41, 5.74) is 2.56. The highest BCUT2D eigenvalue weighted by Gasteiger charge is 2.19. The van der Waals surface area contributed by atoms with Gasteiger partial charge in [0.15, 0.2) is 0 Å². The number of hydrazone groups is 1. The Labute approximate surface area is 121 Å². The zero-order chi connectivity index (χ0) is 16.0. The number of anilines is 1. The maximum absolute atomic E-state index is 10.9. The maximum atomic E-state index is 10.9. The van der Waals surface area contributed by atoms with Gasteiger partial charge in [0, 0.05) is 6.07 Å². The highest BCUT2D eigenvalue weighted by atomic mass is 16.6. The lowest BCUT2D eigenvalue weighted by Gasteiger charge is -2.03. The van der Waals surface area contributed by atoms with E-state index in [0.717, 1.165) is 6.07 Å². The van der Waals surface area contributed by atoms with Crippen LogP contribution in [-0.4, -0.2) is 15.6 Å². The Bertz CT molecular complexity index is 608. The summed E-state index contributed by atoms with van der Waals surface area (Å²) in [4.78, 5) is 20.2. The number of nitrogens with one attached hydrogen (secondary N) is 1. The predicted molar refractivity (Wildman–Crippen MR) is 80.5 cm³/mol. The van der Waals surface area contributed by atoms with Gasteiger partial charge in [0.25, 0.3) is 5.69 Å². The molecule has 0 atom stereocenters. The molecule has 0 amide bonds. The second-order valence-electron chi connectivity index (χ2n) is 4.68. The number of allylic oxidation sites excluding steroid dienone is 2. The number of rotatable bonds is 6. The molecule has 21 heavy (non-hydrogen) atoms. The number of hydrogen-bond donors (Lipinski definition) is 1.